The molecule has 132 valence electrons. The van der Waals surface area contributed by atoms with Crippen LogP contribution in [0.3, 0.4) is 0 Å². The van der Waals surface area contributed by atoms with Gasteiger partial charge in [0.1, 0.15) is 0 Å². The number of esters is 1. The van der Waals surface area contributed by atoms with E-state index in [4.69, 9.17) is 4.74 Å². The molecule has 0 saturated carbocycles. The fourth-order valence-corrected chi connectivity index (χ4v) is 2.75. The van der Waals surface area contributed by atoms with Crippen molar-refractivity contribution in [2.24, 2.45) is 0 Å². The second kappa shape index (κ2) is 9.99. The van der Waals surface area contributed by atoms with E-state index < -0.39 is 0 Å². The number of anilines is 1. The zero-order chi connectivity index (χ0) is 18.1. The van der Waals surface area contributed by atoms with Gasteiger partial charge < -0.3 is 9.64 Å². The second-order valence-corrected chi connectivity index (χ2v) is 6.48. The number of halogens is 1. The SMILES string of the molecule is CCOC(=O)CCN(C(=O)CCc1ccccc1)c1ccc(Br)cc1. The van der Waals surface area contributed by atoms with Gasteiger partial charge in [-0.05, 0) is 43.2 Å². The Bertz CT molecular complexity index is 686. The van der Waals surface area contributed by atoms with E-state index in [1.165, 1.54) is 0 Å². The molecule has 0 unspecified atom stereocenters. The van der Waals surface area contributed by atoms with Gasteiger partial charge in [0.2, 0.25) is 5.91 Å². The third-order valence-corrected chi connectivity index (χ3v) is 4.28. The Balaban J connectivity index is 2.05. The zero-order valence-electron chi connectivity index (χ0n) is 14.3. The van der Waals surface area contributed by atoms with Crippen molar-refractivity contribution >= 4 is 33.5 Å². The molecule has 25 heavy (non-hydrogen) atoms. The first-order valence-corrected chi connectivity index (χ1v) is 9.15. The average molecular weight is 404 g/mol. The van der Waals surface area contributed by atoms with Gasteiger partial charge in [-0.2, -0.15) is 0 Å². The van der Waals surface area contributed by atoms with Gasteiger partial charge in [0.25, 0.3) is 0 Å². The van der Waals surface area contributed by atoms with Crippen LogP contribution in [-0.4, -0.2) is 25.0 Å². The van der Waals surface area contributed by atoms with E-state index in [1.807, 2.05) is 54.6 Å². The third kappa shape index (κ3) is 6.35. The molecule has 0 atom stereocenters. The van der Waals surface area contributed by atoms with E-state index >= 15 is 0 Å². The van der Waals surface area contributed by atoms with Gasteiger partial charge in [-0.1, -0.05) is 46.3 Å². The smallest absolute Gasteiger partial charge is 0.307 e. The number of nitrogens with zero attached hydrogens (tertiary/aromatic N) is 1. The number of hydrogen-bond acceptors (Lipinski definition) is 3. The van der Waals surface area contributed by atoms with E-state index in [0.29, 0.717) is 26.0 Å². The Labute approximate surface area is 156 Å². The van der Waals surface area contributed by atoms with E-state index in [-0.39, 0.29) is 18.3 Å². The highest BCUT2D eigenvalue weighted by Crippen LogP contribution is 2.20. The number of hydrogen-bond donors (Lipinski definition) is 0. The van der Waals surface area contributed by atoms with Crippen LogP contribution in [-0.2, 0) is 20.7 Å². The molecule has 2 aromatic carbocycles. The predicted molar refractivity (Wildman–Crippen MR) is 103 cm³/mol. The molecule has 2 aromatic rings. The number of aryl methyl sites for hydroxylation is 1. The van der Waals surface area contributed by atoms with Crippen molar-refractivity contribution < 1.29 is 14.3 Å². The molecule has 0 aliphatic heterocycles. The standard InChI is InChI=1S/C20H22BrNO3/c1-2-25-20(24)14-15-22(18-11-9-17(21)10-12-18)19(23)13-8-16-6-4-3-5-7-16/h3-7,9-12H,2,8,13-15H2,1H3. The number of carbonyl (C=O) groups is 2. The lowest BCUT2D eigenvalue weighted by atomic mass is 10.1. The lowest BCUT2D eigenvalue weighted by Crippen LogP contribution is -2.33. The minimum Gasteiger partial charge on any atom is -0.466 e. The second-order valence-electron chi connectivity index (χ2n) is 5.56. The molecule has 0 spiro atoms. The minimum atomic E-state index is -0.291. The van der Waals surface area contributed by atoms with E-state index in [0.717, 1.165) is 15.7 Å². The van der Waals surface area contributed by atoms with Crippen molar-refractivity contribution in [3.8, 4) is 0 Å². The maximum absolute atomic E-state index is 12.7. The number of rotatable bonds is 8. The lowest BCUT2D eigenvalue weighted by Gasteiger charge is -2.23. The first-order valence-electron chi connectivity index (χ1n) is 8.35. The molecule has 0 heterocycles. The highest BCUT2D eigenvalue weighted by Gasteiger charge is 2.17. The number of carbonyl (C=O) groups excluding carboxylic acids is 2. The largest absolute Gasteiger partial charge is 0.466 e. The van der Waals surface area contributed by atoms with Crippen molar-refractivity contribution in [1.29, 1.82) is 0 Å². The molecule has 4 nitrogen and oxygen atoms in total. The summed E-state index contributed by atoms with van der Waals surface area (Å²) in [6.07, 6.45) is 1.25. The molecule has 5 heteroatoms. The molecule has 0 radical (unpaired) electrons. The molecule has 0 aliphatic carbocycles. The van der Waals surface area contributed by atoms with Gasteiger partial charge in [0.15, 0.2) is 0 Å². The summed E-state index contributed by atoms with van der Waals surface area (Å²) in [6, 6.07) is 17.4. The van der Waals surface area contributed by atoms with Crippen molar-refractivity contribution in [3.05, 3.63) is 64.6 Å². The van der Waals surface area contributed by atoms with Crippen LogP contribution in [0.15, 0.2) is 59.1 Å². The first-order chi connectivity index (χ1) is 12.1. The third-order valence-electron chi connectivity index (χ3n) is 3.75. The Morgan fingerprint density at radius 1 is 1.00 bits per heavy atom. The van der Waals surface area contributed by atoms with Gasteiger partial charge in [-0.25, -0.2) is 0 Å². The number of benzene rings is 2. The maximum Gasteiger partial charge on any atom is 0.307 e. The lowest BCUT2D eigenvalue weighted by molar-refractivity contribution is -0.142. The van der Waals surface area contributed by atoms with Crippen molar-refractivity contribution in [3.63, 3.8) is 0 Å². The highest BCUT2D eigenvalue weighted by atomic mass is 79.9. The van der Waals surface area contributed by atoms with Gasteiger partial charge in [-0.15, -0.1) is 0 Å². The van der Waals surface area contributed by atoms with Crippen LogP contribution in [0, 0.1) is 0 Å². The monoisotopic (exact) mass is 403 g/mol. The highest BCUT2D eigenvalue weighted by molar-refractivity contribution is 9.10. The molecule has 1 amide bonds. The molecule has 0 bridgehead atoms. The summed E-state index contributed by atoms with van der Waals surface area (Å²) in [7, 11) is 0. The van der Waals surface area contributed by atoms with Crippen LogP contribution in [0.4, 0.5) is 5.69 Å². The normalized spacial score (nSPS) is 10.3. The summed E-state index contributed by atoms with van der Waals surface area (Å²) in [5.74, 6) is -0.295. The topological polar surface area (TPSA) is 46.6 Å². The molecule has 0 fully saturated rings. The predicted octanol–water partition coefficient (Wildman–Crippen LogP) is 4.37. The number of ether oxygens (including phenoxy) is 1. The van der Waals surface area contributed by atoms with Gasteiger partial charge in [-0.3, -0.25) is 9.59 Å². The van der Waals surface area contributed by atoms with Crippen LogP contribution < -0.4 is 4.90 Å². The van der Waals surface area contributed by atoms with Crippen LogP contribution in [0.2, 0.25) is 0 Å². The van der Waals surface area contributed by atoms with Crippen molar-refractivity contribution in [2.75, 3.05) is 18.1 Å². The fraction of sp³-hybridized carbons (Fsp3) is 0.300. The molecule has 0 aliphatic rings. The van der Waals surface area contributed by atoms with Gasteiger partial charge >= 0.3 is 5.97 Å². The minimum absolute atomic E-state index is 0.00419. The summed E-state index contributed by atoms with van der Waals surface area (Å²) < 4.78 is 5.91. The molecule has 0 N–H and O–H groups in total. The van der Waals surface area contributed by atoms with Gasteiger partial charge in [0, 0.05) is 23.1 Å². The van der Waals surface area contributed by atoms with E-state index in [9.17, 15) is 9.59 Å². The van der Waals surface area contributed by atoms with Gasteiger partial charge in [0.05, 0.1) is 13.0 Å². The molecule has 0 aromatic heterocycles. The quantitative estimate of drug-likeness (QED) is 0.614. The summed E-state index contributed by atoms with van der Waals surface area (Å²) >= 11 is 3.40. The zero-order valence-corrected chi connectivity index (χ0v) is 15.9. The summed E-state index contributed by atoms with van der Waals surface area (Å²) in [6.45, 7) is 2.43. The van der Waals surface area contributed by atoms with Crippen molar-refractivity contribution in [1.82, 2.24) is 0 Å². The van der Waals surface area contributed by atoms with E-state index in [2.05, 4.69) is 15.9 Å². The van der Waals surface area contributed by atoms with Crippen molar-refractivity contribution in [2.45, 2.75) is 26.2 Å². The molecular weight excluding hydrogens is 382 g/mol. The average Bonchev–Trinajstić information content (AvgIpc) is 2.62. The van der Waals surface area contributed by atoms with Crippen LogP contribution in [0.1, 0.15) is 25.3 Å². The summed E-state index contributed by atoms with van der Waals surface area (Å²) in [5, 5.41) is 0. The maximum atomic E-state index is 12.7. The Morgan fingerprint density at radius 2 is 1.68 bits per heavy atom. The Morgan fingerprint density at radius 3 is 2.32 bits per heavy atom. The fourth-order valence-electron chi connectivity index (χ4n) is 2.49. The number of amides is 1. The molecule has 0 saturated heterocycles. The van der Waals surface area contributed by atoms with Crippen LogP contribution in [0.5, 0.6) is 0 Å². The summed E-state index contributed by atoms with van der Waals surface area (Å²) in [4.78, 5) is 26.1. The summed E-state index contributed by atoms with van der Waals surface area (Å²) in [5.41, 5.74) is 1.91. The Kier molecular flexibility index (Phi) is 7.67. The van der Waals surface area contributed by atoms with Crippen LogP contribution >= 0.6 is 15.9 Å². The van der Waals surface area contributed by atoms with Crippen LogP contribution in [0.25, 0.3) is 0 Å². The van der Waals surface area contributed by atoms with E-state index in [1.54, 1.807) is 11.8 Å². The Hall–Kier alpha value is -2.14. The molecule has 2 rings (SSSR count). The molecular formula is C20H22BrNO3. The first kappa shape index (κ1) is 19.2.